The molecule has 3 N–H and O–H groups in total. The maximum absolute atomic E-state index is 10.9. The lowest BCUT2D eigenvalue weighted by Gasteiger charge is -2.05. The lowest BCUT2D eigenvalue weighted by molar-refractivity contribution is -0.121. The molecule has 3 heteroatoms. The van der Waals surface area contributed by atoms with Crippen molar-refractivity contribution in [3.8, 4) is 0 Å². The molecule has 3 nitrogen and oxygen atoms in total. The fraction of sp³-hybridized carbons (Fsp3) is 0.870. The Balaban J connectivity index is -0.000000138. The van der Waals surface area contributed by atoms with Gasteiger partial charge in [-0.1, -0.05) is 80.2 Å². The summed E-state index contributed by atoms with van der Waals surface area (Å²) in [6.07, 6.45) is 7.80. The van der Waals surface area contributed by atoms with Crippen molar-refractivity contribution in [3.63, 3.8) is 0 Å². The second kappa shape index (κ2) is 29.0. The number of amides is 1. The van der Waals surface area contributed by atoms with Crippen LogP contribution in [0.2, 0.25) is 0 Å². The minimum Gasteiger partial charge on any atom is -0.356 e. The quantitative estimate of drug-likeness (QED) is 0.441. The summed E-state index contributed by atoms with van der Waals surface area (Å²) in [7, 11) is 0. The first-order valence-corrected chi connectivity index (χ1v) is 10.7. The third-order valence-corrected chi connectivity index (χ3v) is 3.06. The largest absolute Gasteiger partial charge is 0.356 e. The predicted molar refractivity (Wildman–Crippen MR) is 122 cm³/mol. The lowest BCUT2D eigenvalue weighted by Crippen LogP contribution is -2.24. The van der Waals surface area contributed by atoms with Gasteiger partial charge < -0.3 is 11.1 Å². The highest BCUT2D eigenvalue weighted by Crippen LogP contribution is 2.00. The molecule has 0 radical (unpaired) electrons. The molecule has 0 heterocycles. The summed E-state index contributed by atoms with van der Waals surface area (Å²) in [5.41, 5.74) is 6.14. The van der Waals surface area contributed by atoms with E-state index in [2.05, 4.69) is 60.4 Å². The van der Waals surface area contributed by atoms with E-state index in [9.17, 15) is 4.79 Å². The van der Waals surface area contributed by atoms with Crippen molar-refractivity contribution in [1.82, 2.24) is 5.32 Å². The number of allylic oxidation sites excluding steroid dienone is 1. The van der Waals surface area contributed by atoms with Crippen LogP contribution in [0, 0.1) is 11.8 Å². The number of carbonyl (C=O) groups excluding carboxylic acids is 1. The van der Waals surface area contributed by atoms with Crippen LogP contribution >= 0.6 is 0 Å². The molecular weight excluding hydrogens is 320 g/mol. The molecule has 0 saturated carbocycles. The Morgan fingerprint density at radius 2 is 1.31 bits per heavy atom. The van der Waals surface area contributed by atoms with Crippen molar-refractivity contribution in [2.24, 2.45) is 17.6 Å². The molecule has 0 bridgehead atoms. The zero-order valence-corrected chi connectivity index (χ0v) is 19.7. The van der Waals surface area contributed by atoms with Gasteiger partial charge in [0, 0.05) is 13.0 Å². The number of carbonyl (C=O) groups is 1. The Morgan fingerprint density at radius 3 is 1.50 bits per heavy atom. The van der Waals surface area contributed by atoms with Crippen LogP contribution in [0.15, 0.2) is 12.2 Å². The molecule has 0 saturated heterocycles. The van der Waals surface area contributed by atoms with Crippen LogP contribution in [-0.2, 0) is 4.79 Å². The summed E-state index contributed by atoms with van der Waals surface area (Å²) in [6.45, 7) is 24.5. The Labute approximate surface area is 166 Å². The van der Waals surface area contributed by atoms with Crippen molar-refractivity contribution in [3.05, 3.63) is 12.2 Å². The standard InChI is InChI=1S/C9H19NO.C6H14.C6H12.C2H7N/c1-4-5-9(11)10-7-6-8(2)3;2*1-4-5-6(2)3;1-2-3/h8H,4-7H2,1-3H3,(H,10,11);6H,4-5H2,1-3H3;2,4-5H2,1,3H3;2-3H2,1H3. The SMILES string of the molecule is C=C(C)CCC.CCCC(=O)NCCC(C)C.CCCC(C)C.CCN. The average molecular weight is 373 g/mol. The normalized spacial score (nSPS) is 9.23. The average Bonchev–Trinajstić information content (AvgIpc) is 2.48. The molecule has 0 atom stereocenters. The van der Waals surface area contributed by atoms with Gasteiger partial charge in [-0.3, -0.25) is 4.79 Å². The van der Waals surface area contributed by atoms with Crippen molar-refractivity contribution < 1.29 is 4.79 Å². The Bertz CT molecular complexity index is 273. The van der Waals surface area contributed by atoms with Gasteiger partial charge in [0.1, 0.15) is 0 Å². The van der Waals surface area contributed by atoms with E-state index in [0.717, 1.165) is 31.8 Å². The summed E-state index contributed by atoms with van der Waals surface area (Å²) < 4.78 is 0. The molecule has 0 unspecified atom stereocenters. The summed E-state index contributed by atoms with van der Waals surface area (Å²) in [5.74, 6) is 1.76. The molecule has 0 aromatic carbocycles. The number of nitrogens with two attached hydrogens (primary N) is 1. The monoisotopic (exact) mass is 372 g/mol. The zero-order valence-electron chi connectivity index (χ0n) is 19.7. The van der Waals surface area contributed by atoms with Crippen molar-refractivity contribution in [2.75, 3.05) is 13.1 Å². The number of rotatable bonds is 9. The predicted octanol–water partition coefficient (Wildman–Crippen LogP) is 6.72. The van der Waals surface area contributed by atoms with E-state index in [4.69, 9.17) is 5.73 Å². The molecule has 0 aromatic heterocycles. The van der Waals surface area contributed by atoms with Gasteiger partial charge in [-0.2, -0.15) is 0 Å². The van der Waals surface area contributed by atoms with E-state index in [1.54, 1.807) is 0 Å². The Kier molecular flexibility index (Phi) is 36.5. The minimum absolute atomic E-state index is 0.188. The van der Waals surface area contributed by atoms with Crippen LogP contribution < -0.4 is 11.1 Å². The van der Waals surface area contributed by atoms with Crippen LogP contribution in [0.1, 0.15) is 107 Å². The van der Waals surface area contributed by atoms with Crippen LogP contribution in [-0.4, -0.2) is 19.0 Å². The van der Waals surface area contributed by atoms with Gasteiger partial charge in [-0.05, 0) is 44.6 Å². The Morgan fingerprint density at radius 1 is 0.885 bits per heavy atom. The second-order valence-electron chi connectivity index (χ2n) is 7.58. The molecule has 0 aliphatic heterocycles. The van der Waals surface area contributed by atoms with Crippen LogP contribution in [0.25, 0.3) is 0 Å². The minimum atomic E-state index is 0.188. The fourth-order valence-corrected chi connectivity index (χ4v) is 1.82. The van der Waals surface area contributed by atoms with Gasteiger partial charge in [0.2, 0.25) is 5.91 Å². The fourth-order valence-electron chi connectivity index (χ4n) is 1.82. The molecule has 0 aromatic rings. The maximum atomic E-state index is 10.9. The summed E-state index contributed by atoms with van der Waals surface area (Å²) >= 11 is 0. The first kappa shape index (κ1) is 32.8. The molecule has 0 aliphatic carbocycles. The number of hydrogen-bond donors (Lipinski definition) is 2. The summed E-state index contributed by atoms with van der Waals surface area (Å²) in [6, 6.07) is 0. The van der Waals surface area contributed by atoms with E-state index < -0.39 is 0 Å². The first-order chi connectivity index (χ1) is 12.1. The highest BCUT2D eigenvalue weighted by atomic mass is 16.1. The molecule has 0 fully saturated rings. The molecular formula is C23H52N2O. The number of hydrogen-bond acceptors (Lipinski definition) is 2. The van der Waals surface area contributed by atoms with Crippen molar-refractivity contribution in [1.29, 1.82) is 0 Å². The summed E-state index contributed by atoms with van der Waals surface area (Å²) in [5, 5.41) is 2.88. The van der Waals surface area contributed by atoms with E-state index in [1.165, 1.54) is 31.3 Å². The van der Waals surface area contributed by atoms with Gasteiger partial charge >= 0.3 is 0 Å². The zero-order chi connectivity index (χ0) is 21.4. The summed E-state index contributed by atoms with van der Waals surface area (Å²) in [4.78, 5) is 10.9. The van der Waals surface area contributed by atoms with Crippen LogP contribution in [0.3, 0.4) is 0 Å². The van der Waals surface area contributed by atoms with Crippen LogP contribution in [0.5, 0.6) is 0 Å². The molecule has 160 valence electrons. The lowest BCUT2D eigenvalue weighted by atomic mass is 10.1. The molecule has 0 spiro atoms. The highest BCUT2D eigenvalue weighted by Gasteiger charge is 1.98. The third kappa shape index (κ3) is 56.7. The van der Waals surface area contributed by atoms with Gasteiger partial charge in [0.25, 0.3) is 0 Å². The topological polar surface area (TPSA) is 55.1 Å². The third-order valence-electron chi connectivity index (χ3n) is 3.06. The molecule has 1 amide bonds. The second-order valence-corrected chi connectivity index (χ2v) is 7.58. The number of nitrogens with one attached hydrogen (secondary N) is 1. The van der Waals surface area contributed by atoms with E-state index in [-0.39, 0.29) is 5.91 Å². The van der Waals surface area contributed by atoms with Gasteiger partial charge in [-0.15, -0.1) is 6.58 Å². The van der Waals surface area contributed by atoms with Gasteiger partial charge in [0.05, 0.1) is 0 Å². The smallest absolute Gasteiger partial charge is 0.219 e. The molecule has 0 aliphatic rings. The van der Waals surface area contributed by atoms with E-state index >= 15 is 0 Å². The van der Waals surface area contributed by atoms with E-state index in [1.807, 2.05) is 13.8 Å². The van der Waals surface area contributed by atoms with Crippen LogP contribution in [0.4, 0.5) is 0 Å². The molecule has 0 rings (SSSR count). The van der Waals surface area contributed by atoms with E-state index in [0.29, 0.717) is 12.3 Å². The Hall–Kier alpha value is -0.830. The van der Waals surface area contributed by atoms with Gasteiger partial charge in [0.15, 0.2) is 0 Å². The van der Waals surface area contributed by atoms with Crippen molar-refractivity contribution in [2.45, 2.75) is 107 Å². The molecule has 26 heavy (non-hydrogen) atoms. The highest BCUT2D eigenvalue weighted by molar-refractivity contribution is 5.75. The van der Waals surface area contributed by atoms with Gasteiger partial charge in [-0.25, -0.2) is 0 Å². The maximum Gasteiger partial charge on any atom is 0.219 e. The van der Waals surface area contributed by atoms with Crippen molar-refractivity contribution >= 4 is 5.91 Å². The first-order valence-electron chi connectivity index (χ1n) is 10.7.